The number of carbonyl (C=O) groups is 1. The van der Waals surface area contributed by atoms with Gasteiger partial charge in [-0.25, -0.2) is 0 Å². The maximum Gasteiger partial charge on any atom is 0.419 e. The highest BCUT2D eigenvalue weighted by molar-refractivity contribution is 5.81. The zero-order chi connectivity index (χ0) is 21.8. The molecule has 0 fully saturated rings. The fourth-order valence-electron chi connectivity index (χ4n) is 2.79. The van der Waals surface area contributed by atoms with Crippen molar-refractivity contribution < 1.29 is 32.2 Å². The molecule has 0 spiro atoms. The van der Waals surface area contributed by atoms with Gasteiger partial charge in [0, 0.05) is 20.2 Å². The zero-order valence-corrected chi connectivity index (χ0v) is 17.0. The number of alkyl halides is 3. The number of carbonyl (C=O) groups excluding carboxylic acids is 1. The Morgan fingerprint density at radius 1 is 1.00 bits per heavy atom. The second-order valence-electron chi connectivity index (χ2n) is 6.56. The molecule has 1 amide bonds. The minimum atomic E-state index is -4.56. The molecular formula is C21H24F3NO4. The highest BCUT2D eigenvalue weighted by atomic mass is 19.4. The van der Waals surface area contributed by atoms with Gasteiger partial charge in [-0.05, 0) is 41.8 Å². The fourth-order valence-corrected chi connectivity index (χ4v) is 2.79. The Labute approximate surface area is 168 Å². The summed E-state index contributed by atoms with van der Waals surface area (Å²) in [7, 11) is 5.89. The maximum absolute atomic E-state index is 13.4. The van der Waals surface area contributed by atoms with Crippen LogP contribution < -0.4 is 14.2 Å². The van der Waals surface area contributed by atoms with Gasteiger partial charge in [0.05, 0.1) is 19.8 Å². The number of ether oxygens (including phenoxy) is 3. The molecule has 0 bridgehead atoms. The largest absolute Gasteiger partial charge is 0.497 e. The van der Waals surface area contributed by atoms with E-state index >= 15 is 0 Å². The molecule has 158 valence electrons. The molecule has 0 N–H and O–H groups in total. The number of benzene rings is 2. The lowest BCUT2D eigenvalue weighted by Gasteiger charge is -2.21. The topological polar surface area (TPSA) is 48.0 Å². The first-order chi connectivity index (χ1) is 13.6. The maximum atomic E-state index is 13.4. The van der Waals surface area contributed by atoms with Crippen molar-refractivity contribution in [2.75, 3.05) is 28.3 Å². The summed E-state index contributed by atoms with van der Waals surface area (Å²) in [5.74, 6) is 0.253. The van der Waals surface area contributed by atoms with E-state index in [1.165, 1.54) is 31.3 Å². The molecule has 1 atom stereocenters. The van der Waals surface area contributed by atoms with Crippen LogP contribution in [0.1, 0.15) is 18.9 Å². The average molecular weight is 411 g/mol. The molecule has 0 radical (unpaired) electrons. The summed E-state index contributed by atoms with van der Waals surface area (Å²) in [5.41, 5.74) is -0.106. The lowest BCUT2D eigenvalue weighted by molar-refractivity contribution is -0.138. The van der Waals surface area contributed by atoms with Gasteiger partial charge in [0.1, 0.15) is 17.2 Å². The quantitative estimate of drug-likeness (QED) is 0.666. The van der Waals surface area contributed by atoms with Crippen LogP contribution in [0.25, 0.3) is 11.1 Å². The molecule has 2 aromatic carbocycles. The van der Waals surface area contributed by atoms with Crippen LogP contribution in [0.15, 0.2) is 36.4 Å². The first-order valence-corrected chi connectivity index (χ1v) is 8.93. The van der Waals surface area contributed by atoms with E-state index in [9.17, 15) is 18.0 Å². The third-order valence-electron chi connectivity index (χ3n) is 4.32. The van der Waals surface area contributed by atoms with Crippen molar-refractivity contribution in [1.82, 2.24) is 4.90 Å². The van der Waals surface area contributed by atoms with Crippen LogP contribution in [0.5, 0.6) is 17.2 Å². The Morgan fingerprint density at radius 3 is 2.17 bits per heavy atom. The molecular weight excluding hydrogens is 387 g/mol. The van der Waals surface area contributed by atoms with Gasteiger partial charge in [0.25, 0.3) is 5.91 Å². The minimum absolute atomic E-state index is 0.208. The molecule has 0 saturated carbocycles. The fraction of sp³-hybridized carbons (Fsp3) is 0.381. The summed E-state index contributed by atoms with van der Waals surface area (Å²) >= 11 is 0. The third kappa shape index (κ3) is 5.34. The highest BCUT2D eigenvalue weighted by Crippen LogP contribution is 2.40. The summed E-state index contributed by atoms with van der Waals surface area (Å²) in [5, 5.41) is 0. The van der Waals surface area contributed by atoms with Gasteiger partial charge in [-0.1, -0.05) is 13.0 Å². The lowest BCUT2D eigenvalue weighted by Crippen LogP contribution is -2.37. The number of nitrogens with zero attached hydrogens (tertiary/aromatic N) is 1. The standard InChI is InChI=1S/C21H24F3NO4/c1-6-18(20(26)25(2)3)29-16-10-14(9-15(12-16)27-4)13-7-8-19(28-5)17(11-13)21(22,23)24/h7-12,18H,6H2,1-5H3. The molecule has 29 heavy (non-hydrogen) atoms. The predicted molar refractivity (Wildman–Crippen MR) is 103 cm³/mol. The molecule has 0 aliphatic heterocycles. The lowest BCUT2D eigenvalue weighted by atomic mass is 10.0. The van der Waals surface area contributed by atoms with Gasteiger partial charge in [-0.3, -0.25) is 4.79 Å². The Kier molecular flexibility index (Phi) is 7.00. The molecule has 2 aromatic rings. The molecule has 0 aliphatic rings. The van der Waals surface area contributed by atoms with Crippen LogP contribution in [-0.2, 0) is 11.0 Å². The first kappa shape index (κ1) is 22.4. The molecule has 8 heteroatoms. The van der Waals surface area contributed by atoms with Crippen molar-refractivity contribution in [3.05, 3.63) is 42.0 Å². The molecule has 0 heterocycles. The molecule has 0 saturated heterocycles. The van der Waals surface area contributed by atoms with Crippen LogP contribution >= 0.6 is 0 Å². The number of hydrogen-bond donors (Lipinski definition) is 0. The van der Waals surface area contributed by atoms with Crippen molar-refractivity contribution in [2.45, 2.75) is 25.6 Å². The summed E-state index contributed by atoms with van der Waals surface area (Å²) in [6.07, 6.45) is -4.85. The summed E-state index contributed by atoms with van der Waals surface area (Å²) in [6.45, 7) is 1.81. The second-order valence-corrected chi connectivity index (χ2v) is 6.56. The monoisotopic (exact) mass is 411 g/mol. The SMILES string of the molecule is CCC(Oc1cc(OC)cc(-c2ccc(OC)c(C(F)(F)F)c2)c1)C(=O)N(C)C. The third-order valence-corrected chi connectivity index (χ3v) is 4.32. The summed E-state index contributed by atoms with van der Waals surface area (Å²) < 4.78 is 56.0. The number of methoxy groups -OCH3 is 2. The van der Waals surface area contributed by atoms with E-state index in [0.29, 0.717) is 29.0 Å². The zero-order valence-electron chi connectivity index (χ0n) is 17.0. The van der Waals surface area contributed by atoms with Crippen LogP contribution in [0.4, 0.5) is 13.2 Å². The number of amides is 1. The first-order valence-electron chi connectivity index (χ1n) is 8.93. The van der Waals surface area contributed by atoms with Crippen molar-refractivity contribution in [3.63, 3.8) is 0 Å². The van der Waals surface area contributed by atoms with E-state index in [2.05, 4.69) is 0 Å². The summed E-state index contributed by atoms with van der Waals surface area (Å²) in [4.78, 5) is 13.7. The van der Waals surface area contributed by atoms with Crippen LogP contribution in [0.3, 0.4) is 0 Å². The van der Waals surface area contributed by atoms with E-state index < -0.39 is 17.8 Å². The van der Waals surface area contributed by atoms with Gasteiger partial charge in [-0.15, -0.1) is 0 Å². The second kappa shape index (κ2) is 9.07. The predicted octanol–water partition coefficient (Wildman–Crippen LogP) is 4.64. The molecule has 0 aromatic heterocycles. The summed E-state index contributed by atoms with van der Waals surface area (Å²) in [6, 6.07) is 8.57. The number of likely N-dealkylation sites (N-methyl/N-ethyl adjacent to an activating group) is 1. The van der Waals surface area contributed by atoms with Gasteiger partial charge < -0.3 is 19.1 Å². The van der Waals surface area contributed by atoms with Gasteiger partial charge >= 0.3 is 6.18 Å². The molecule has 1 unspecified atom stereocenters. The Bertz CT molecular complexity index is 865. The molecule has 2 rings (SSSR count). The average Bonchev–Trinajstić information content (AvgIpc) is 2.69. The molecule has 5 nitrogen and oxygen atoms in total. The Morgan fingerprint density at radius 2 is 1.66 bits per heavy atom. The normalized spacial score (nSPS) is 12.3. The van der Waals surface area contributed by atoms with Crippen molar-refractivity contribution in [3.8, 4) is 28.4 Å². The smallest absolute Gasteiger partial charge is 0.419 e. The number of halogens is 3. The van der Waals surface area contributed by atoms with Crippen LogP contribution in [0, 0.1) is 0 Å². The van der Waals surface area contributed by atoms with Crippen molar-refractivity contribution >= 4 is 5.91 Å². The molecule has 0 aliphatic carbocycles. The Balaban J connectivity index is 2.49. The minimum Gasteiger partial charge on any atom is -0.497 e. The van der Waals surface area contributed by atoms with Gasteiger partial charge in [0.2, 0.25) is 0 Å². The van der Waals surface area contributed by atoms with Crippen LogP contribution in [-0.4, -0.2) is 45.2 Å². The van der Waals surface area contributed by atoms with Crippen molar-refractivity contribution in [1.29, 1.82) is 0 Å². The van der Waals surface area contributed by atoms with E-state index in [4.69, 9.17) is 14.2 Å². The van der Waals surface area contributed by atoms with Crippen LogP contribution in [0.2, 0.25) is 0 Å². The van der Waals surface area contributed by atoms with E-state index in [1.54, 1.807) is 32.3 Å². The van der Waals surface area contributed by atoms with Gasteiger partial charge in [0.15, 0.2) is 6.10 Å². The highest BCUT2D eigenvalue weighted by Gasteiger charge is 2.34. The number of hydrogen-bond acceptors (Lipinski definition) is 4. The van der Waals surface area contributed by atoms with E-state index in [1.807, 2.05) is 6.92 Å². The Hall–Kier alpha value is -2.90. The van der Waals surface area contributed by atoms with Gasteiger partial charge in [-0.2, -0.15) is 13.2 Å². The number of rotatable bonds is 7. The van der Waals surface area contributed by atoms with Crippen molar-refractivity contribution in [2.24, 2.45) is 0 Å². The van der Waals surface area contributed by atoms with E-state index in [0.717, 1.165) is 6.07 Å². The van der Waals surface area contributed by atoms with E-state index in [-0.39, 0.29) is 11.7 Å².